The van der Waals surface area contributed by atoms with E-state index in [0.29, 0.717) is 17.5 Å². The molecule has 0 atom stereocenters. The molecule has 0 aliphatic heterocycles. The van der Waals surface area contributed by atoms with Crippen LogP contribution in [0.3, 0.4) is 0 Å². The molecule has 0 spiro atoms. The van der Waals surface area contributed by atoms with Crippen molar-refractivity contribution in [1.82, 2.24) is 4.98 Å². The topological polar surface area (TPSA) is 22.1 Å². The van der Waals surface area contributed by atoms with Crippen molar-refractivity contribution >= 4 is 22.5 Å². The molecule has 100 valence electrons. The quantitative estimate of drug-likeness (QED) is 0.657. The molecule has 0 bridgehead atoms. The summed E-state index contributed by atoms with van der Waals surface area (Å²) >= 11 is 5.99. The molecular weight excluding hydrogens is 277 g/mol. The van der Waals surface area contributed by atoms with Gasteiger partial charge in [-0.3, -0.25) is 0 Å². The van der Waals surface area contributed by atoms with Gasteiger partial charge in [-0.1, -0.05) is 35.9 Å². The average Bonchev–Trinajstić information content (AvgIpc) is 2.46. The van der Waals surface area contributed by atoms with Gasteiger partial charge < -0.3 is 4.74 Å². The predicted octanol–water partition coefficient (Wildman–Crippen LogP) is 4.61. The highest BCUT2D eigenvalue weighted by molar-refractivity contribution is 6.30. The van der Waals surface area contributed by atoms with Crippen molar-refractivity contribution in [2.24, 2.45) is 0 Å². The molecule has 0 aliphatic rings. The number of fused-ring (bicyclic) bond motifs is 1. The molecule has 0 radical (unpaired) electrons. The van der Waals surface area contributed by atoms with Crippen LogP contribution in [0.1, 0.15) is 5.56 Å². The Labute approximate surface area is 120 Å². The molecule has 0 saturated heterocycles. The Morgan fingerprint density at radius 2 is 1.80 bits per heavy atom. The van der Waals surface area contributed by atoms with Crippen molar-refractivity contribution in [1.29, 1.82) is 0 Å². The Hall–Kier alpha value is -2.13. The van der Waals surface area contributed by atoms with Gasteiger partial charge in [-0.15, -0.1) is 0 Å². The molecule has 3 aromatic rings. The Morgan fingerprint density at radius 1 is 1.05 bits per heavy atom. The van der Waals surface area contributed by atoms with E-state index in [2.05, 4.69) is 4.98 Å². The van der Waals surface area contributed by atoms with E-state index in [9.17, 15) is 4.39 Å². The van der Waals surface area contributed by atoms with Crippen LogP contribution < -0.4 is 4.74 Å². The molecule has 0 aliphatic carbocycles. The van der Waals surface area contributed by atoms with Crippen LogP contribution >= 0.6 is 11.6 Å². The smallest absolute Gasteiger partial charge is 0.133 e. The van der Waals surface area contributed by atoms with E-state index < -0.39 is 0 Å². The maximum atomic E-state index is 12.8. The van der Waals surface area contributed by atoms with Crippen LogP contribution in [0.5, 0.6) is 5.75 Å². The van der Waals surface area contributed by atoms with E-state index in [1.165, 1.54) is 12.1 Å². The van der Waals surface area contributed by atoms with Crippen LogP contribution in [0.25, 0.3) is 10.9 Å². The van der Waals surface area contributed by atoms with Crippen molar-refractivity contribution in [3.8, 4) is 5.75 Å². The standard InChI is InChI=1S/C16H11ClFNO/c17-16-9-15(13-3-1-2-4-14(13)19-16)20-10-11-5-7-12(18)8-6-11/h1-9H,10H2. The maximum absolute atomic E-state index is 12.8. The number of pyridine rings is 1. The number of rotatable bonds is 3. The summed E-state index contributed by atoms with van der Waals surface area (Å²) in [5, 5.41) is 1.29. The van der Waals surface area contributed by atoms with Gasteiger partial charge in [0.05, 0.1) is 5.52 Å². The first-order valence-electron chi connectivity index (χ1n) is 6.15. The first-order chi connectivity index (χ1) is 9.72. The minimum absolute atomic E-state index is 0.258. The Bertz CT molecular complexity index is 743. The summed E-state index contributed by atoms with van der Waals surface area (Å²) in [6.07, 6.45) is 0. The third-order valence-corrected chi connectivity index (χ3v) is 3.15. The Morgan fingerprint density at radius 3 is 2.60 bits per heavy atom. The summed E-state index contributed by atoms with van der Waals surface area (Å²) in [6.45, 7) is 0.352. The van der Waals surface area contributed by atoms with Gasteiger partial charge >= 0.3 is 0 Å². The molecule has 2 nitrogen and oxygen atoms in total. The zero-order valence-electron chi connectivity index (χ0n) is 10.5. The third-order valence-electron chi connectivity index (χ3n) is 2.95. The number of nitrogens with zero attached hydrogens (tertiary/aromatic N) is 1. The van der Waals surface area contributed by atoms with Crippen molar-refractivity contribution in [3.63, 3.8) is 0 Å². The van der Waals surface area contributed by atoms with Gasteiger partial charge in [0.2, 0.25) is 0 Å². The fourth-order valence-corrected chi connectivity index (χ4v) is 2.16. The zero-order valence-corrected chi connectivity index (χ0v) is 11.3. The van der Waals surface area contributed by atoms with Crippen molar-refractivity contribution < 1.29 is 9.13 Å². The summed E-state index contributed by atoms with van der Waals surface area (Å²) in [7, 11) is 0. The van der Waals surface area contributed by atoms with Crippen LogP contribution in [0, 0.1) is 5.82 Å². The molecule has 2 aromatic carbocycles. The molecule has 0 unspecified atom stereocenters. The van der Waals surface area contributed by atoms with E-state index in [-0.39, 0.29) is 5.82 Å². The maximum Gasteiger partial charge on any atom is 0.133 e. The number of hydrogen-bond donors (Lipinski definition) is 0. The third kappa shape index (κ3) is 2.73. The summed E-state index contributed by atoms with van der Waals surface area (Å²) < 4.78 is 18.6. The predicted molar refractivity (Wildman–Crippen MR) is 77.5 cm³/mol. The second-order valence-corrected chi connectivity index (χ2v) is 4.76. The lowest BCUT2D eigenvalue weighted by atomic mass is 10.2. The van der Waals surface area contributed by atoms with Crippen LogP contribution in [-0.2, 0) is 6.61 Å². The molecule has 0 fully saturated rings. The molecule has 20 heavy (non-hydrogen) atoms. The van der Waals surface area contributed by atoms with E-state index in [1.54, 1.807) is 18.2 Å². The zero-order chi connectivity index (χ0) is 13.9. The second kappa shape index (κ2) is 5.47. The van der Waals surface area contributed by atoms with Gasteiger partial charge in [-0.05, 0) is 29.8 Å². The van der Waals surface area contributed by atoms with Crippen LogP contribution in [-0.4, -0.2) is 4.98 Å². The normalized spacial score (nSPS) is 10.7. The van der Waals surface area contributed by atoms with Gasteiger partial charge in [0, 0.05) is 11.5 Å². The van der Waals surface area contributed by atoms with Gasteiger partial charge in [0.15, 0.2) is 0 Å². The molecule has 0 saturated carbocycles. The molecular formula is C16H11ClFNO. The molecule has 4 heteroatoms. The summed E-state index contributed by atoms with van der Waals surface area (Å²) in [5.41, 5.74) is 1.68. The van der Waals surface area contributed by atoms with Crippen LogP contribution in [0.4, 0.5) is 4.39 Å². The van der Waals surface area contributed by atoms with Gasteiger partial charge in [0.25, 0.3) is 0 Å². The largest absolute Gasteiger partial charge is 0.488 e. The van der Waals surface area contributed by atoms with Crippen molar-refractivity contribution in [2.75, 3.05) is 0 Å². The average molecular weight is 288 g/mol. The highest BCUT2D eigenvalue weighted by Gasteiger charge is 2.06. The Balaban J connectivity index is 1.88. The highest BCUT2D eigenvalue weighted by atomic mass is 35.5. The minimum atomic E-state index is -0.258. The number of para-hydroxylation sites is 1. The van der Waals surface area contributed by atoms with Crippen molar-refractivity contribution in [3.05, 3.63) is 71.1 Å². The monoisotopic (exact) mass is 287 g/mol. The minimum Gasteiger partial charge on any atom is -0.488 e. The fraction of sp³-hybridized carbons (Fsp3) is 0.0625. The lowest BCUT2D eigenvalue weighted by Crippen LogP contribution is -1.97. The van der Waals surface area contributed by atoms with E-state index in [1.807, 2.05) is 24.3 Å². The lowest BCUT2D eigenvalue weighted by molar-refractivity contribution is 0.309. The van der Waals surface area contributed by atoms with Gasteiger partial charge in [-0.25, -0.2) is 9.37 Å². The number of aromatic nitrogens is 1. The molecule has 1 heterocycles. The summed E-state index contributed by atoms with van der Waals surface area (Å²) in [6, 6.07) is 15.5. The van der Waals surface area contributed by atoms with E-state index in [0.717, 1.165) is 16.5 Å². The molecule has 0 amide bonds. The number of benzene rings is 2. The number of hydrogen-bond acceptors (Lipinski definition) is 2. The SMILES string of the molecule is Fc1ccc(COc2cc(Cl)nc3ccccc23)cc1. The highest BCUT2D eigenvalue weighted by Crippen LogP contribution is 2.27. The molecule has 1 aromatic heterocycles. The van der Waals surface area contributed by atoms with Gasteiger partial charge in [-0.2, -0.15) is 0 Å². The summed E-state index contributed by atoms with van der Waals surface area (Å²) in [5.74, 6) is 0.413. The second-order valence-electron chi connectivity index (χ2n) is 4.38. The lowest BCUT2D eigenvalue weighted by Gasteiger charge is -2.09. The number of ether oxygens (including phenoxy) is 1. The summed E-state index contributed by atoms with van der Waals surface area (Å²) in [4.78, 5) is 4.24. The van der Waals surface area contributed by atoms with Crippen LogP contribution in [0.2, 0.25) is 5.15 Å². The van der Waals surface area contributed by atoms with E-state index >= 15 is 0 Å². The van der Waals surface area contributed by atoms with Gasteiger partial charge in [0.1, 0.15) is 23.3 Å². The Kier molecular flexibility index (Phi) is 3.52. The first-order valence-corrected chi connectivity index (χ1v) is 6.53. The fourth-order valence-electron chi connectivity index (χ4n) is 1.97. The number of halogens is 2. The van der Waals surface area contributed by atoms with Crippen LogP contribution in [0.15, 0.2) is 54.6 Å². The first kappa shape index (κ1) is 12.9. The van der Waals surface area contributed by atoms with Crippen molar-refractivity contribution in [2.45, 2.75) is 6.61 Å². The molecule has 3 rings (SSSR count). The van der Waals surface area contributed by atoms with E-state index in [4.69, 9.17) is 16.3 Å². The molecule has 0 N–H and O–H groups in total.